The first-order valence-corrected chi connectivity index (χ1v) is 11.0. The lowest BCUT2D eigenvalue weighted by Gasteiger charge is -2.11. The quantitative estimate of drug-likeness (QED) is 0.294. The van der Waals surface area contributed by atoms with Gasteiger partial charge in [-0.3, -0.25) is 0 Å². The van der Waals surface area contributed by atoms with Crippen LogP contribution in [-0.2, 0) is 22.7 Å². The standard InChI is InChI=1S/C27H36O5/c1-22(6-4-17-28)25(16-19-32-21-24-10-14-27(30-3)15-11-24)7-5-18-31-20-23-8-12-26(29-2)13-9-23/h6-15,28H,4-5,16-21H2,1-3H3/b22-6+,25-7+. The molecule has 0 saturated heterocycles. The molecule has 0 radical (unpaired) electrons. The Morgan fingerprint density at radius 2 is 1.28 bits per heavy atom. The third kappa shape index (κ3) is 9.69. The van der Waals surface area contributed by atoms with Gasteiger partial charge in [-0.2, -0.15) is 0 Å². The van der Waals surface area contributed by atoms with Crippen molar-refractivity contribution < 1.29 is 24.1 Å². The van der Waals surface area contributed by atoms with Crippen molar-refractivity contribution in [1.82, 2.24) is 0 Å². The predicted molar refractivity (Wildman–Crippen MR) is 128 cm³/mol. The first kappa shape index (κ1) is 25.7. The number of hydrogen-bond donors (Lipinski definition) is 1. The van der Waals surface area contributed by atoms with E-state index < -0.39 is 0 Å². The molecule has 2 aromatic rings. The van der Waals surface area contributed by atoms with E-state index in [-0.39, 0.29) is 6.61 Å². The maximum absolute atomic E-state index is 9.14. The number of aliphatic hydroxyl groups is 1. The van der Waals surface area contributed by atoms with Gasteiger partial charge in [-0.25, -0.2) is 0 Å². The fourth-order valence-corrected chi connectivity index (χ4v) is 3.19. The molecule has 0 aliphatic rings. The van der Waals surface area contributed by atoms with Crippen molar-refractivity contribution in [2.75, 3.05) is 34.0 Å². The molecule has 5 heteroatoms. The molecule has 0 unspecified atom stereocenters. The summed E-state index contributed by atoms with van der Waals surface area (Å²) >= 11 is 0. The summed E-state index contributed by atoms with van der Waals surface area (Å²) in [5.41, 5.74) is 4.67. The number of rotatable bonds is 15. The van der Waals surface area contributed by atoms with Crippen LogP contribution in [-0.4, -0.2) is 39.1 Å². The van der Waals surface area contributed by atoms with Crippen molar-refractivity contribution in [1.29, 1.82) is 0 Å². The maximum Gasteiger partial charge on any atom is 0.118 e. The van der Waals surface area contributed by atoms with E-state index in [2.05, 4.69) is 19.1 Å². The minimum absolute atomic E-state index is 0.156. The summed E-state index contributed by atoms with van der Waals surface area (Å²) in [6.45, 7) is 4.68. The van der Waals surface area contributed by atoms with Gasteiger partial charge in [0, 0.05) is 6.61 Å². The number of benzene rings is 2. The number of aliphatic hydroxyl groups excluding tert-OH is 1. The molecule has 0 spiro atoms. The van der Waals surface area contributed by atoms with Crippen LogP contribution in [0.5, 0.6) is 11.5 Å². The SMILES string of the molecule is COc1ccc(COCC/C=C(CCOCc2ccc(OC)cc2)/C(C)=C/CCO)cc1. The predicted octanol–water partition coefficient (Wildman–Crippen LogP) is 5.47. The minimum Gasteiger partial charge on any atom is -0.497 e. The molecule has 174 valence electrons. The van der Waals surface area contributed by atoms with E-state index in [0.29, 0.717) is 32.8 Å². The van der Waals surface area contributed by atoms with Crippen LogP contribution in [0.15, 0.2) is 71.8 Å². The van der Waals surface area contributed by atoms with Crippen LogP contribution in [0, 0.1) is 0 Å². The molecule has 2 aromatic carbocycles. The number of allylic oxidation sites excluding steroid dienone is 1. The summed E-state index contributed by atoms with van der Waals surface area (Å²) in [7, 11) is 3.33. The average Bonchev–Trinajstić information content (AvgIpc) is 2.84. The highest BCUT2D eigenvalue weighted by Crippen LogP contribution is 2.17. The van der Waals surface area contributed by atoms with Gasteiger partial charge in [0.1, 0.15) is 11.5 Å². The Bertz CT molecular complexity index is 822. The summed E-state index contributed by atoms with van der Waals surface area (Å²) < 4.78 is 22.1. The number of ether oxygens (including phenoxy) is 4. The van der Waals surface area contributed by atoms with Crippen LogP contribution in [0.2, 0.25) is 0 Å². The highest BCUT2D eigenvalue weighted by Gasteiger charge is 2.03. The molecule has 0 amide bonds. The summed E-state index contributed by atoms with van der Waals surface area (Å²) in [5.74, 6) is 1.69. The van der Waals surface area contributed by atoms with Crippen LogP contribution >= 0.6 is 0 Å². The second kappa shape index (κ2) is 15.2. The first-order chi connectivity index (χ1) is 15.7. The van der Waals surface area contributed by atoms with Crippen LogP contribution in [0.25, 0.3) is 0 Å². The molecule has 1 N–H and O–H groups in total. The van der Waals surface area contributed by atoms with Gasteiger partial charge in [-0.1, -0.05) is 42.0 Å². The molecule has 2 rings (SSSR count). The molecule has 0 bridgehead atoms. The molecule has 0 aliphatic heterocycles. The number of hydrogen-bond acceptors (Lipinski definition) is 5. The molecule has 32 heavy (non-hydrogen) atoms. The van der Waals surface area contributed by atoms with Crippen molar-refractivity contribution in [3.63, 3.8) is 0 Å². The molecule has 5 nitrogen and oxygen atoms in total. The first-order valence-electron chi connectivity index (χ1n) is 11.0. The second-order valence-electron chi connectivity index (χ2n) is 7.47. The van der Waals surface area contributed by atoms with Crippen molar-refractivity contribution in [2.24, 2.45) is 0 Å². The molecule has 0 heterocycles. The Kier molecular flexibility index (Phi) is 12.2. The van der Waals surface area contributed by atoms with Gasteiger partial charge in [0.15, 0.2) is 0 Å². The van der Waals surface area contributed by atoms with E-state index in [4.69, 9.17) is 24.1 Å². The molecule has 0 aromatic heterocycles. The van der Waals surface area contributed by atoms with Crippen molar-refractivity contribution in [2.45, 2.75) is 39.4 Å². The van der Waals surface area contributed by atoms with Crippen LogP contribution < -0.4 is 9.47 Å². The Balaban J connectivity index is 1.78. The van der Waals surface area contributed by atoms with Crippen molar-refractivity contribution in [3.05, 3.63) is 83.0 Å². The molecule has 0 saturated carbocycles. The average molecular weight is 441 g/mol. The fraction of sp³-hybridized carbons (Fsp3) is 0.407. The smallest absolute Gasteiger partial charge is 0.118 e. The van der Waals surface area contributed by atoms with E-state index in [1.165, 1.54) is 11.1 Å². The third-order valence-corrected chi connectivity index (χ3v) is 5.11. The highest BCUT2D eigenvalue weighted by molar-refractivity contribution is 5.29. The Labute approximate surface area is 192 Å². The largest absolute Gasteiger partial charge is 0.497 e. The molecular formula is C27H36O5. The molecule has 0 atom stereocenters. The zero-order valence-electron chi connectivity index (χ0n) is 19.5. The van der Waals surface area contributed by atoms with Crippen molar-refractivity contribution in [3.8, 4) is 11.5 Å². The monoisotopic (exact) mass is 440 g/mol. The molecular weight excluding hydrogens is 404 g/mol. The molecule has 0 fully saturated rings. The zero-order chi connectivity index (χ0) is 23.0. The lowest BCUT2D eigenvalue weighted by atomic mass is 10.0. The summed E-state index contributed by atoms with van der Waals surface area (Å²) in [6.07, 6.45) is 6.60. The van der Waals surface area contributed by atoms with Crippen LogP contribution in [0.1, 0.15) is 37.3 Å². The van der Waals surface area contributed by atoms with Gasteiger partial charge in [-0.15, -0.1) is 0 Å². The number of methoxy groups -OCH3 is 2. The van der Waals surface area contributed by atoms with E-state index in [9.17, 15) is 0 Å². The lowest BCUT2D eigenvalue weighted by molar-refractivity contribution is 0.122. The van der Waals surface area contributed by atoms with Gasteiger partial charge in [0.05, 0.1) is 40.6 Å². The normalized spacial score (nSPS) is 12.1. The van der Waals surface area contributed by atoms with Gasteiger partial charge in [0.25, 0.3) is 0 Å². The lowest BCUT2D eigenvalue weighted by Crippen LogP contribution is -2.00. The summed E-state index contributed by atoms with van der Waals surface area (Å²) in [4.78, 5) is 0. The fourth-order valence-electron chi connectivity index (χ4n) is 3.19. The van der Waals surface area contributed by atoms with E-state index in [0.717, 1.165) is 35.5 Å². The van der Waals surface area contributed by atoms with E-state index in [1.54, 1.807) is 14.2 Å². The maximum atomic E-state index is 9.14. The minimum atomic E-state index is 0.156. The van der Waals surface area contributed by atoms with E-state index >= 15 is 0 Å². The van der Waals surface area contributed by atoms with Gasteiger partial charge in [0.2, 0.25) is 0 Å². The topological polar surface area (TPSA) is 57.2 Å². The van der Waals surface area contributed by atoms with E-state index in [1.807, 2.05) is 48.5 Å². The highest BCUT2D eigenvalue weighted by atomic mass is 16.5. The Morgan fingerprint density at radius 3 is 1.78 bits per heavy atom. The summed E-state index contributed by atoms with van der Waals surface area (Å²) in [6, 6.07) is 15.8. The second-order valence-corrected chi connectivity index (χ2v) is 7.47. The van der Waals surface area contributed by atoms with Crippen LogP contribution in [0.4, 0.5) is 0 Å². The Hall–Kier alpha value is -2.60. The third-order valence-electron chi connectivity index (χ3n) is 5.11. The van der Waals surface area contributed by atoms with Crippen LogP contribution in [0.3, 0.4) is 0 Å². The van der Waals surface area contributed by atoms with Gasteiger partial charge >= 0.3 is 0 Å². The van der Waals surface area contributed by atoms with Gasteiger partial charge < -0.3 is 24.1 Å². The Morgan fingerprint density at radius 1 is 0.750 bits per heavy atom. The zero-order valence-corrected chi connectivity index (χ0v) is 19.5. The molecule has 0 aliphatic carbocycles. The summed E-state index contributed by atoms with van der Waals surface area (Å²) in [5, 5.41) is 9.14. The van der Waals surface area contributed by atoms with Gasteiger partial charge in [-0.05, 0) is 67.2 Å². The van der Waals surface area contributed by atoms with Crippen molar-refractivity contribution >= 4 is 0 Å².